The molecule has 0 fully saturated rings. The van der Waals surface area contributed by atoms with E-state index in [0.717, 1.165) is 28.2 Å². The van der Waals surface area contributed by atoms with E-state index in [1.807, 2.05) is 6.92 Å². The Morgan fingerprint density at radius 1 is 1.03 bits per heavy atom. The number of aryl methyl sites for hydroxylation is 1. The Bertz CT molecular complexity index is 1250. The van der Waals surface area contributed by atoms with Crippen LogP contribution in [0.15, 0.2) is 29.3 Å². The molecular formula is C17H12F6N6S2. The SMILES string of the molecule is CCSc1cc(-n2ccc(C(F)(F)F)n2)sc1-c1nc2cc(C(F)(F)F)nnc2n1C. The molecule has 0 amide bonds. The zero-order valence-electron chi connectivity index (χ0n) is 15.8. The molecule has 0 bridgehead atoms. The van der Waals surface area contributed by atoms with Crippen LogP contribution in [0.4, 0.5) is 26.3 Å². The summed E-state index contributed by atoms with van der Waals surface area (Å²) in [6.45, 7) is 1.90. The van der Waals surface area contributed by atoms with E-state index in [2.05, 4.69) is 20.3 Å². The van der Waals surface area contributed by atoms with Gasteiger partial charge in [-0.25, -0.2) is 9.67 Å². The molecule has 14 heteroatoms. The van der Waals surface area contributed by atoms with E-state index in [-0.39, 0.29) is 11.2 Å². The molecule has 0 radical (unpaired) electrons. The van der Waals surface area contributed by atoms with E-state index in [4.69, 9.17) is 0 Å². The zero-order valence-corrected chi connectivity index (χ0v) is 17.4. The van der Waals surface area contributed by atoms with Gasteiger partial charge in [0.05, 0.1) is 4.88 Å². The molecule has 4 aromatic heterocycles. The number of imidazole rings is 1. The van der Waals surface area contributed by atoms with Crippen molar-refractivity contribution in [1.29, 1.82) is 0 Å². The summed E-state index contributed by atoms with van der Waals surface area (Å²) in [5.41, 5.74) is -2.01. The maximum Gasteiger partial charge on any atom is 0.435 e. The lowest BCUT2D eigenvalue weighted by molar-refractivity contribution is -0.142. The molecule has 0 spiro atoms. The number of aromatic nitrogens is 6. The number of thioether (sulfide) groups is 1. The van der Waals surface area contributed by atoms with Crippen LogP contribution in [0.25, 0.3) is 26.9 Å². The van der Waals surface area contributed by atoms with Crippen LogP contribution in [-0.4, -0.2) is 35.3 Å². The van der Waals surface area contributed by atoms with Crippen molar-refractivity contribution >= 4 is 34.3 Å². The van der Waals surface area contributed by atoms with Crippen molar-refractivity contribution in [3.63, 3.8) is 0 Å². The molecule has 4 aromatic rings. The van der Waals surface area contributed by atoms with Crippen LogP contribution >= 0.6 is 23.1 Å². The van der Waals surface area contributed by atoms with Crippen molar-refractivity contribution in [2.75, 3.05) is 5.75 Å². The highest BCUT2D eigenvalue weighted by atomic mass is 32.2. The van der Waals surface area contributed by atoms with Crippen LogP contribution < -0.4 is 0 Å². The molecule has 164 valence electrons. The molecule has 0 saturated heterocycles. The summed E-state index contributed by atoms with van der Waals surface area (Å²) in [6.07, 6.45) is -8.03. The van der Waals surface area contributed by atoms with Gasteiger partial charge in [0.15, 0.2) is 22.9 Å². The van der Waals surface area contributed by atoms with E-state index in [0.29, 0.717) is 26.4 Å². The first-order valence-corrected chi connectivity index (χ1v) is 10.5. The standard InChI is InChI=1S/C17H12F6N6S2/c1-3-30-9-7-12(29-5-4-10(27-29)16(18,19)20)31-13(9)15-24-8-6-11(17(21,22)23)25-26-14(8)28(15)2/h4-7H,3H2,1-2H3. The largest absolute Gasteiger partial charge is 0.435 e. The first-order valence-electron chi connectivity index (χ1n) is 8.66. The minimum atomic E-state index is -4.66. The Morgan fingerprint density at radius 3 is 2.35 bits per heavy atom. The van der Waals surface area contributed by atoms with Crippen LogP contribution in [0, 0.1) is 0 Å². The van der Waals surface area contributed by atoms with Gasteiger partial charge in [-0.1, -0.05) is 6.92 Å². The predicted octanol–water partition coefficient (Wildman–Crippen LogP) is 5.43. The number of rotatable bonds is 4. The molecule has 0 saturated carbocycles. The molecular weight excluding hydrogens is 466 g/mol. The monoisotopic (exact) mass is 478 g/mol. The Labute approximate surface area is 178 Å². The molecule has 0 N–H and O–H groups in total. The molecule has 0 unspecified atom stereocenters. The van der Waals surface area contributed by atoms with Gasteiger partial charge in [0.1, 0.15) is 10.5 Å². The van der Waals surface area contributed by atoms with Gasteiger partial charge >= 0.3 is 12.4 Å². The first kappa shape index (κ1) is 21.6. The van der Waals surface area contributed by atoms with E-state index in [1.165, 1.54) is 22.5 Å². The van der Waals surface area contributed by atoms with Gasteiger partial charge in [-0.2, -0.15) is 31.4 Å². The molecule has 0 aliphatic heterocycles. The minimum Gasteiger partial charge on any atom is -0.310 e. The third-order valence-electron chi connectivity index (χ3n) is 4.20. The maximum absolute atomic E-state index is 13.0. The molecule has 4 rings (SSSR count). The van der Waals surface area contributed by atoms with Crippen LogP contribution in [0.2, 0.25) is 0 Å². The van der Waals surface area contributed by atoms with Gasteiger partial charge in [0, 0.05) is 24.2 Å². The summed E-state index contributed by atoms with van der Waals surface area (Å²) < 4.78 is 80.2. The summed E-state index contributed by atoms with van der Waals surface area (Å²) in [5.74, 6) is 0.997. The fourth-order valence-electron chi connectivity index (χ4n) is 2.82. The Morgan fingerprint density at radius 2 is 1.74 bits per heavy atom. The lowest BCUT2D eigenvalue weighted by atomic mass is 10.3. The van der Waals surface area contributed by atoms with Crippen LogP contribution in [0.1, 0.15) is 18.3 Å². The number of hydrogen-bond donors (Lipinski definition) is 0. The number of halogens is 6. The number of fused-ring (bicyclic) bond motifs is 1. The fourth-order valence-corrected chi connectivity index (χ4v) is 4.94. The van der Waals surface area contributed by atoms with Crippen LogP contribution in [-0.2, 0) is 19.4 Å². The van der Waals surface area contributed by atoms with Crippen molar-refractivity contribution in [1.82, 2.24) is 29.5 Å². The Hall–Kier alpha value is -2.61. The van der Waals surface area contributed by atoms with Crippen molar-refractivity contribution in [3.8, 4) is 15.7 Å². The second kappa shape index (κ2) is 7.51. The van der Waals surface area contributed by atoms with Gasteiger partial charge in [0.25, 0.3) is 0 Å². The van der Waals surface area contributed by atoms with Crippen molar-refractivity contribution in [3.05, 3.63) is 35.8 Å². The molecule has 6 nitrogen and oxygen atoms in total. The average molecular weight is 478 g/mol. The number of thiophene rings is 1. The van der Waals surface area contributed by atoms with Gasteiger partial charge in [-0.3, -0.25) is 0 Å². The van der Waals surface area contributed by atoms with Crippen molar-refractivity contribution in [2.24, 2.45) is 7.05 Å². The van der Waals surface area contributed by atoms with Crippen LogP contribution in [0.5, 0.6) is 0 Å². The van der Waals surface area contributed by atoms with Gasteiger partial charge in [0.2, 0.25) is 0 Å². The first-order chi connectivity index (χ1) is 14.5. The zero-order chi connectivity index (χ0) is 22.6. The fraction of sp³-hybridized carbons (Fsp3) is 0.294. The number of alkyl halides is 6. The molecule has 31 heavy (non-hydrogen) atoms. The third-order valence-corrected chi connectivity index (χ3v) is 6.37. The van der Waals surface area contributed by atoms with Gasteiger partial charge < -0.3 is 4.57 Å². The third kappa shape index (κ3) is 4.01. The highest BCUT2D eigenvalue weighted by molar-refractivity contribution is 7.99. The molecule has 0 atom stereocenters. The summed E-state index contributed by atoms with van der Waals surface area (Å²) in [5, 5.41) is 10.9. The lowest BCUT2D eigenvalue weighted by Gasteiger charge is -2.03. The Kier molecular flexibility index (Phi) is 5.24. The summed E-state index contributed by atoms with van der Waals surface area (Å²) in [6, 6.07) is 3.36. The van der Waals surface area contributed by atoms with E-state index < -0.39 is 23.7 Å². The molecule has 0 aromatic carbocycles. The summed E-state index contributed by atoms with van der Waals surface area (Å²) in [4.78, 5) is 5.60. The lowest BCUT2D eigenvalue weighted by Crippen LogP contribution is -2.09. The molecule has 0 aliphatic rings. The molecule has 0 aliphatic carbocycles. The summed E-state index contributed by atoms with van der Waals surface area (Å²) in [7, 11) is 1.59. The van der Waals surface area contributed by atoms with E-state index >= 15 is 0 Å². The van der Waals surface area contributed by atoms with Crippen LogP contribution in [0.3, 0.4) is 0 Å². The van der Waals surface area contributed by atoms with Gasteiger partial charge in [-0.05, 0) is 17.9 Å². The van der Waals surface area contributed by atoms with E-state index in [1.54, 1.807) is 13.1 Å². The Balaban J connectivity index is 1.83. The number of hydrogen-bond acceptors (Lipinski definition) is 6. The van der Waals surface area contributed by atoms with Gasteiger partial charge in [-0.15, -0.1) is 33.3 Å². The minimum absolute atomic E-state index is 0.0145. The molecule has 4 heterocycles. The predicted molar refractivity (Wildman–Crippen MR) is 103 cm³/mol. The highest BCUT2D eigenvalue weighted by Gasteiger charge is 2.35. The average Bonchev–Trinajstić information content (AvgIpc) is 3.38. The second-order valence-electron chi connectivity index (χ2n) is 6.28. The normalized spacial score (nSPS) is 12.8. The second-order valence-corrected chi connectivity index (χ2v) is 8.62. The smallest absolute Gasteiger partial charge is 0.310 e. The van der Waals surface area contributed by atoms with E-state index in [9.17, 15) is 26.3 Å². The quantitative estimate of drug-likeness (QED) is 0.289. The maximum atomic E-state index is 13.0. The highest BCUT2D eigenvalue weighted by Crippen LogP contribution is 2.41. The van der Waals surface area contributed by atoms with Crippen molar-refractivity contribution < 1.29 is 26.3 Å². The number of nitrogens with zero attached hydrogens (tertiary/aromatic N) is 6. The summed E-state index contributed by atoms with van der Waals surface area (Å²) >= 11 is 2.56. The van der Waals surface area contributed by atoms with Crippen molar-refractivity contribution in [2.45, 2.75) is 24.2 Å². The topological polar surface area (TPSA) is 61.4 Å².